The van der Waals surface area contributed by atoms with E-state index in [1.165, 1.54) is 121 Å². The van der Waals surface area contributed by atoms with Gasteiger partial charge >= 0.3 is 52.9 Å². The molecule has 3 radical (unpaired) electrons. The molecule has 3 aromatic heterocycles. The van der Waals surface area contributed by atoms with Crippen LogP contribution >= 0.6 is 46.4 Å². The van der Waals surface area contributed by atoms with E-state index < -0.39 is 88.0 Å². The number of aromatic carboxylic acids is 1. The van der Waals surface area contributed by atoms with Gasteiger partial charge in [0, 0.05) is 97.5 Å². The van der Waals surface area contributed by atoms with Crippen LogP contribution < -0.4 is 62.7 Å². The summed E-state index contributed by atoms with van der Waals surface area (Å²) in [6.45, 7) is 11.3. The molecule has 9 amide bonds. The van der Waals surface area contributed by atoms with Crippen LogP contribution in [0.3, 0.4) is 0 Å². The Hall–Kier alpha value is -11.0. The summed E-state index contributed by atoms with van der Waals surface area (Å²) < 4.78 is 54.8. The Kier molecular flexibility index (Phi) is 38.3. The van der Waals surface area contributed by atoms with E-state index in [0.717, 1.165) is 45.4 Å². The first-order chi connectivity index (χ1) is 57.1. The third kappa shape index (κ3) is 28.0. The van der Waals surface area contributed by atoms with Crippen molar-refractivity contribution in [2.45, 2.75) is 137 Å². The van der Waals surface area contributed by atoms with Gasteiger partial charge in [0.1, 0.15) is 37.1 Å². The molecule has 0 spiro atoms. The van der Waals surface area contributed by atoms with Crippen molar-refractivity contribution in [2.24, 2.45) is 17.2 Å². The topological polar surface area (TPSA) is 461 Å². The maximum absolute atomic E-state index is 14.1. The van der Waals surface area contributed by atoms with Crippen LogP contribution in [0, 0.1) is 17.5 Å². The maximum atomic E-state index is 14.1. The molecule has 3 aliphatic carbocycles. The number of carbonyl (C=O) groups is 13. The zero-order chi connectivity index (χ0) is 87.9. The van der Waals surface area contributed by atoms with Gasteiger partial charge in [0.25, 0.3) is 17.7 Å². The first kappa shape index (κ1) is 99.8. The van der Waals surface area contributed by atoms with Crippen molar-refractivity contribution in [1.82, 2.24) is 64.9 Å². The van der Waals surface area contributed by atoms with Crippen molar-refractivity contribution in [1.29, 1.82) is 0 Å². The molecule has 0 atom stereocenters. The van der Waals surface area contributed by atoms with Gasteiger partial charge in [-0.3, -0.25) is 62.0 Å². The third-order valence-electron chi connectivity index (χ3n) is 18.8. The standard InChI is InChI=1S/C25H23ClFN5O6.C23H21ClFN5O5.C23H23ClFN5O4.C6H15N.C3H5ClO2.B.Na.H/c1-13(33)38-25(37)14-5-8-19-17(9-14)23(24(28)36)30-32(19)12-21(35)31(16-6-7-16)11-20(34)29-10-15-3-2-4-18(26)22(15)27;24-16-3-1-2-13(20(16)25)9-27-18(31)10-29(14-5-6-14)19(32)11-30-17-7-4-12(23(34)35)8-15(17)21(28-30)22(26)33;24-17-3-1-2-14(21(17)25)9-27-19(32)10-29(15-5-6-15)20(33)11-30-18-7-4-13(12-31)8-16(18)22(28-30)23(26)34;1-4-7(5-2)6-3;1-2-6-3(4)5;;;/h2-5,8-9,16H,6-7,10-12H2,1H3,(H2,28,36)(H,29,34);1-4,7-8,14H,5-6,9-11H2,(H2,26,33)(H,27,31)(H,34,35);1-4,7-8,15,31H,5-6,9-12H2,(H2,26,34)(H,27,32);4-6H2,1-3H3;2H2,1H3;;;/q;;;;;;+1;-1. The maximum Gasteiger partial charge on any atom is 1.00 e. The Morgan fingerprint density at radius 3 is 1.10 bits per heavy atom. The number of nitrogens with one attached hydrogen (secondary N) is 3. The number of carboxylic acids is 1. The number of hydrogen-bond donors (Lipinski definition) is 8. The van der Waals surface area contributed by atoms with E-state index in [4.69, 9.17) is 63.6 Å². The fourth-order valence-electron chi connectivity index (χ4n) is 12.2. The number of carboxylic acid groups (broad SMARTS) is 1. The van der Waals surface area contributed by atoms with Crippen molar-refractivity contribution in [3.8, 4) is 0 Å². The van der Waals surface area contributed by atoms with Crippen LogP contribution in [0.4, 0.5) is 18.0 Å². The fraction of sp³-hybridized carbons (Fsp3) is 0.350. The minimum absolute atomic E-state index is 0. The largest absolute Gasteiger partial charge is 1.00 e. The molecule has 0 bridgehead atoms. The van der Waals surface area contributed by atoms with Crippen LogP contribution in [0.1, 0.15) is 149 Å². The number of amides is 9. The Balaban J connectivity index is 0.000000301. The summed E-state index contributed by atoms with van der Waals surface area (Å²) in [5.74, 6) is -9.83. The van der Waals surface area contributed by atoms with Crippen molar-refractivity contribution < 1.29 is 126 Å². The number of ether oxygens (including phenoxy) is 2. The Morgan fingerprint density at radius 2 is 0.828 bits per heavy atom. The minimum Gasteiger partial charge on any atom is -1.00 e. The smallest absolute Gasteiger partial charge is 1.00 e. The quantitative estimate of drug-likeness (QED) is 0.0122. The number of esters is 2. The molecule has 0 unspecified atom stereocenters. The number of halogens is 7. The molecule has 6 aromatic carbocycles. The van der Waals surface area contributed by atoms with Crippen molar-refractivity contribution in [2.75, 3.05) is 45.9 Å². The van der Waals surface area contributed by atoms with Gasteiger partial charge < -0.3 is 73.9 Å². The van der Waals surface area contributed by atoms with Gasteiger partial charge in [0.05, 0.1) is 75.6 Å². The molecule has 3 heterocycles. The summed E-state index contributed by atoms with van der Waals surface area (Å²) in [5.41, 5.74) is 17.6. The van der Waals surface area contributed by atoms with Gasteiger partial charge in [-0.2, -0.15) is 15.3 Å². The van der Waals surface area contributed by atoms with Crippen LogP contribution in [0.2, 0.25) is 15.1 Å². The molecule has 643 valence electrons. The number of hydrogen-bond acceptors (Lipinski definition) is 20. The summed E-state index contributed by atoms with van der Waals surface area (Å²) >= 11 is 22.0. The van der Waals surface area contributed by atoms with Crippen LogP contribution in [-0.4, -0.2) is 208 Å². The summed E-state index contributed by atoms with van der Waals surface area (Å²) in [5, 5.41) is 39.6. The molecular weight excluding hydrogens is 1690 g/mol. The van der Waals surface area contributed by atoms with E-state index in [1.54, 1.807) is 43.3 Å². The number of primary amides is 3. The molecule has 12 rings (SSSR count). The van der Waals surface area contributed by atoms with Crippen LogP contribution in [0.25, 0.3) is 32.7 Å². The molecule has 122 heavy (non-hydrogen) atoms. The van der Waals surface area contributed by atoms with Gasteiger partial charge in [0.2, 0.25) is 35.4 Å². The number of aliphatic hydroxyl groups is 1. The predicted octanol–water partition coefficient (Wildman–Crippen LogP) is 5.06. The second-order valence-corrected chi connectivity index (χ2v) is 28.8. The molecule has 11 N–H and O–H groups in total. The van der Waals surface area contributed by atoms with Crippen LogP contribution in [-0.2, 0) is 88.9 Å². The molecule has 0 aliphatic heterocycles. The number of aliphatic hydroxyl groups excluding tert-OH is 1. The minimum atomic E-state index is -1.19. The number of rotatable bonds is 31. The van der Waals surface area contributed by atoms with Gasteiger partial charge in [-0.1, -0.05) is 98.0 Å². The van der Waals surface area contributed by atoms with Crippen LogP contribution in [0.15, 0.2) is 109 Å². The molecule has 0 saturated heterocycles. The molecule has 3 saturated carbocycles. The van der Waals surface area contributed by atoms with E-state index in [0.29, 0.717) is 34.1 Å². The van der Waals surface area contributed by atoms with Crippen LogP contribution in [0.5, 0.6) is 0 Å². The molecular formula is C80H88BCl4F3N16NaO17. The number of aromatic nitrogens is 6. The monoisotopic (exact) mass is 1780 g/mol. The average Bonchev–Trinajstić information content (AvgIpc) is 1.64. The zero-order valence-corrected chi connectivity index (χ0v) is 72.2. The molecule has 42 heteroatoms. The van der Waals surface area contributed by atoms with Gasteiger partial charge in [-0.25, -0.2) is 27.6 Å². The van der Waals surface area contributed by atoms with Crippen molar-refractivity contribution in [3.63, 3.8) is 0 Å². The molecule has 9 aromatic rings. The van der Waals surface area contributed by atoms with E-state index in [2.05, 4.69) is 66.4 Å². The normalized spacial score (nSPS) is 12.3. The Labute approximate surface area is 742 Å². The molecule has 3 aliphatic rings. The Morgan fingerprint density at radius 1 is 0.508 bits per heavy atom. The number of carbonyl (C=O) groups excluding carboxylic acids is 12. The number of nitrogens with two attached hydrogens (primary N) is 3. The average molecular weight is 1780 g/mol. The summed E-state index contributed by atoms with van der Waals surface area (Å²) in [6.07, 6.45) is 4.45. The number of benzene rings is 6. The number of fused-ring (bicyclic) bond motifs is 3. The fourth-order valence-corrected chi connectivity index (χ4v) is 12.9. The van der Waals surface area contributed by atoms with Crippen molar-refractivity contribution in [3.05, 3.63) is 192 Å². The Bertz CT molecular complexity index is 5380. The predicted molar refractivity (Wildman–Crippen MR) is 441 cm³/mol. The second-order valence-electron chi connectivity index (χ2n) is 27.3. The van der Waals surface area contributed by atoms with E-state index in [-0.39, 0.29) is 200 Å². The van der Waals surface area contributed by atoms with E-state index in [1.807, 2.05) is 0 Å². The molecule has 33 nitrogen and oxygen atoms in total. The first-order valence-corrected chi connectivity index (χ1v) is 39.1. The van der Waals surface area contributed by atoms with Gasteiger partial charge in [0.15, 0.2) is 17.1 Å². The number of nitrogens with zero attached hydrogens (tertiary/aromatic N) is 10. The molecule has 3 fully saturated rings. The second kappa shape index (κ2) is 46.8. The summed E-state index contributed by atoms with van der Waals surface area (Å²) in [6, 6.07) is 26.2. The first-order valence-electron chi connectivity index (χ1n) is 37.6. The van der Waals surface area contributed by atoms with Gasteiger partial charge in [-0.05, 0) is 137 Å². The zero-order valence-electron chi connectivity index (χ0n) is 68.2. The third-order valence-corrected chi connectivity index (χ3v) is 19.7. The SMILES string of the molecule is CC(=O)OC(=O)c1ccc2c(c1)c(C(N)=O)nn2CC(=O)N(CC(=O)NCc1cccc(Cl)c1F)C1CC1.CCN(CC)CC.CCOC(=O)Cl.NC(=O)c1nn(CC(=O)N(CC(=O)NCc2cccc(Cl)c2F)C2CC2)c2ccc(C(=O)O)cc12.NC(=O)c1nn(CC(=O)N(CC(=O)NCc2cccc(Cl)c2F)C2CC2)c2ccc(CO)cc12.[B].[H-].[Na+]. The van der Waals surface area contributed by atoms with E-state index in [9.17, 15) is 85.7 Å². The summed E-state index contributed by atoms with van der Waals surface area (Å²) in [4.78, 5) is 163. The summed E-state index contributed by atoms with van der Waals surface area (Å²) in [7, 11) is 0. The van der Waals surface area contributed by atoms with E-state index >= 15 is 0 Å². The van der Waals surface area contributed by atoms with Gasteiger partial charge in [-0.15, -0.1) is 0 Å². The van der Waals surface area contributed by atoms with Crippen molar-refractivity contribution >= 4 is 164 Å².